The van der Waals surface area contributed by atoms with Crippen molar-refractivity contribution in [3.05, 3.63) is 66.7 Å². The quantitative estimate of drug-likeness (QED) is 0.473. The summed E-state index contributed by atoms with van der Waals surface area (Å²) >= 11 is 0. The first-order valence-electron chi connectivity index (χ1n) is 11.9. The molecule has 0 bridgehead atoms. The molecule has 1 saturated heterocycles. The minimum atomic E-state index is -4.03. The number of hydrogen-bond acceptors (Lipinski definition) is 5. The molecule has 1 aliphatic carbocycles. The molecule has 2 amide bonds. The van der Waals surface area contributed by atoms with E-state index in [1.807, 2.05) is 24.3 Å². The SMILES string of the molecule is COc1ccc(N2C(=O)CC(N(C3CCCCC3)S(=O)(=O)c3ccc4ccccc4c3)C2=O)cc1. The van der Waals surface area contributed by atoms with Gasteiger partial charge in [0.1, 0.15) is 11.8 Å². The van der Waals surface area contributed by atoms with Gasteiger partial charge in [0.2, 0.25) is 15.9 Å². The van der Waals surface area contributed by atoms with Crippen LogP contribution in [-0.2, 0) is 19.6 Å². The van der Waals surface area contributed by atoms with Gasteiger partial charge in [-0.2, -0.15) is 4.31 Å². The number of nitrogens with zero attached hydrogens (tertiary/aromatic N) is 2. The molecule has 1 saturated carbocycles. The minimum absolute atomic E-state index is 0.143. The maximum absolute atomic E-state index is 14.1. The highest BCUT2D eigenvalue weighted by atomic mass is 32.2. The number of amides is 2. The second-order valence-electron chi connectivity index (χ2n) is 9.12. The lowest BCUT2D eigenvalue weighted by molar-refractivity contribution is -0.122. The number of benzene rings is 3. The van der Waals surface area contributed by atoms with Crippen molar-refractivity contribution in [2.24, 2.45) is 0 Å². The molecule has 1 heterocycles. The molecule has 0 N–H and O–H groups in total. The lowest BCUT2D eigenvalue weighted by atomic mass is 9.94. The highest BCUT2D eigenvalue weighted by molar-refractivity contribution is 7.89. The molecule has 1 atom stereocenters. The van der Waals surface area contributed by atoms with Crippen molar-refractivity contribution in [3.63, 3.8) is 0 Å². The Bertz CT molecular complexity index is 1360. The second kappa shape index (κ2) is 9.43. The topological polar surface area (TPSA) is 84.0 Å². The summed E-state index contributed by atoms with van der Waals surface area (Å²) < 4.78 is 34.7. The average molecular weight is 493 g/mol. The summed E-state index contributed by atoms with van der Waals surface area (Å²) in [5.41, 5.74) is 0.412. The van der Waals surface area contributed by atoms with Gasteiger partial charge in [-0.15, -0.1) is 0 Å². The van der Waals surface area contributed by atoms with E-state index >= 15 is 0 Å². The molecule has 7 nitrogen and oxygen atoms in total. The third-order valence-corrected chi connectivity index (χ3v) is 8.95. The molecule has 5 rings (SSSR count). The number of imide groups is 1. The van der Waals surface area contributed by atoms with Gasteiger partial charge < -0.3 is 4.74 Å². The number of ether oxygens (including phenoxy) is 1. The summed E-state index contributed by atoms with van der Waals surface area (Å²) in [6.45, 7) is 0. The molecule has 1 unspecified atom stereocenters. The molecule has 182 valence electrons. The summed E-state index contributed by atoms with van der Waals surface area (Å²) in [5, 5.41) is 1.75. The number of methoxy groups -OCH3 is 1. The van der Waals surface area contributed by atoms with Gasteiger partial charge in [-0.1, -0.05) is 49.6 Å². The molecule has 3 aromatic rings. The second-order valence-corrected chi connectivity index (χ2v) is 11.0. The van der Waals surface area contributed by atoms with Crippen LogP contribution in [0.2, 0.25) is 0 Å². The van der Waals surface area contributed by atoms with Crippen molar-refractivity contribution in [1.29, 1.82) is 0 Å². The van der Waals surface area contributed by atoms with Gasteiger partial charge in [0.15, 0.2) is 0 Å². The summed E-state index contributed by atoms with van der Waals surface area (Å²) in [6.07, 6.45) is 4.00. The van der Waals surface area contributed by atoms with Crippen molar-refractivity contribution in [1.82, 2.24) is 4.31 Å². The van der Waals surface area contributed by atoms with Crippen LogP contribution in [0.3, 0.4) is 0 Å². The van der Waals surface area contributed by atoms with E-state index in [1.54, 1.807) is 42.5 Å². The van der Waals surface area contributed by atoms with Gasteiger partial charge >= 0.3 is 0 Å². The number of sulfonamides is 1. The highest BCUT2D eigenvalue weighted by Crippen LogP contribution is 2.36. The standard InChI is InChI=1S/C27H28N2O5S/c1-34-23-14-12-21(13-15-23)28-26(30)18-25(27(28)31)29(22-9-3-2-4-10-22)35(32,33)24-16-11-19-7-5-6-8-20(19)17-24/h5-8,11-17,22,25H,2-4,9-10,18H2,1H3. The minimum Gasteiger partial charge on any atom is -0.497 e. The maximum atomic E-state index is 14.1. The predicted octanol–water partition coefficient (Wildman–Crippen LogP) is 4.50. The fourth-order valence-corrected chi connectivity index (χ4v) is 7.08. The molecule has 35 heavy (non-hydrogen) atoms. The van der Waals surface area contributed by atoms with Crippen LogP contribution in [0.4, 0.5) is 5.69 Å². The third kappa shape index (κ3) is 4.32. The number of anilines is 1. The van der Waals surface area contributed by atoms with Crippen LogP contribution in [0.25, 0.3) is 10.8 Å². The van der Waals surface area contributed by atoms with Crippen LogP contribution in [0, 0.1) is 0 Å². The lowest BCUT2D eigenvalue weighted by Gasteiger charge is -2.36. The maximum Gasteiger partial charge on any atom is 0.252 e. The van der Waals surface area contributed by atoms with Crippen molar-refractivity contribution in [2.45, 2.75) is 55.5 Å². The number of fused-ring (bicyclic) bond motifs is 1. The smallest absolute Gasteiger partial charge is 0.252 e. The van der Waals surface area contributed by atoms with E-state index in [9.17, 15) is 18.0 Å². The van der Waals surface area contributed by atoms with Crippen LogP contribution in [-0.4, -0.2) is 43.7 Å². The largest absolute Gasteiger partial charge is 0.497 e. The van der Waals surface area contributed by atoms with E-state index in [0.717, 1.165) is 34.9 Å². The van der Waals surface area contributed by atoms with Crippen molar-refractivity contribution < 1.29 is 22.7 Å². The molecule has 2 aliphatic rings. The molecule has 0 spiro atoms. The van der Waals surface area contributed by atoms with Crippen molar-refractivity contribution in [3.8, 4) is 5.75 Å². The van der Waals surface area contributed by atoms with Gasteiger partial charge in [0.25, 0.3) is 5.91 Å². The lowest BCUT2D eigenvalue weighted by Crippen LogP contribution is -2.51. The molecule has 8 heteroatoms. The Morgan fingerprint density at radius 3 is 2.26 bits per heavy atom. The van der Waals surface area contributed by atoms with Gasteiger partial charge in [0, 0.05) is 6.04 Å². The van der Waals surface area contributed by atoms with E-state index in [-0.39, 0.29) is 17.4 Å². The molecule has 0 radical (unpaired) electrons. The fraction of sp³-hybridized carbons (Fsp3) is 0.333. The van der Waals surface area contributed by atoms with E-state index in [2.05, 4.69) is 0 Å². The zero-order valence-electron chi connectivity index (χ0n) is 19.6. The van der Waals surface area contributed by atoms with Crippen LogP contribution in [0.5, 0.6) is 5.75 Å². The Balaban J connectivity index is 1.54. The van der Waals surface area contributed by atoms with E-state index < -0.39 is 27.9 Å². The molecule has 0 aromatic heterocycles. The van der Waals surface area contributed by atoms with E-state index in [0.29, 0.717) is 24.3 Å². The monoisotopic (exact) mass is 492 g/mol. The number of hydrogen-bond donors (Lipinski definition) is 0. The normalized spacial score (nSPS) is 19.6. The zero-order chi connectivity index (χ0) is 24.6. The molecule has 1 aliphatic heterocycles. The number of carbonyl (C=O) groups excluding carboxylic acids is 2. The zero-order valence-corrected chi connectivity index (χ0v) is 20.4. The third-order valence-electron chi connectivity index (χ3n) is 6.99. The first kappa shape index (κ1) is 23.5. The van der Waals surface area contributed by atoms with E-state index in [4.69, 9.17) is 4.74 Å². The molecular formula is C27H28N2O5S. The Labute approximate surface area is 205 Å². The van der Waals surface area contributed by atoms with Gasteiger partial charge in [-0.25, -0.2) is 13.3 Å². The Kier molecular flexibility index (Phi) is 6.34. The van der Waals surface area contributed by atoms with Crippen molar-refractivity contribution in [2.75, 3.05) is 12.0 Å². The number of rotatable bonds is 6. The van der Waals surface area contributed by atoms with Gasteiger partial charge in [-0.05, 0) is 60.0 Å². The van der Waals surface area contributed by atoms with Crippen LogP contribution in [0.1, 0.15) is 38.5 Å². The molecule has 3 aromatic carbocycles. The van der Waals surface area contributed by atoms with Gasteiger partial charge in [-0.3, -0.25) is 9.59 Å². The summed E-state index contributed by atoms with van der Waals surface area (Å²) in [6, 6.07) is 17.8. The predicted molar refractivity (Wildman–Crippen MR) is 134 cm³/mol. The molecular weight excluding hydrogens is 464 g/mol. The number of carbonyl (C=O) groups is 2. The molecule has 2 fully saturated rings. The first-order chi connectivity index (χ1) is 16.9. The summed E-state index contributed by atoms with van der Waals surface area (Å²) in [7, 11) is -2.50. The Morgan fingerprint density at radius 2 is 1.57 bits per heavy atom. The fourth-order valence-electron chi connectivity index (χ4n) is 5.22. The summed E-state index contributed by atoms with van der Waals surface area (Å²) in [5.74, 6) is -0.304. The van der Waals surface area contributed by atoms with Crippen molar-refractivity contribution >= 4 is 38.3 Å². The van der Waals surface area contributed by atoms with Crippen LogP contribution >= 0.6 is 0 Å². The van der Waals surface area contributed by atoms with Gasteiger partial charge in [0.05, 0.1) is 24.1 Å². The summed E-state index contributed by atoms with van der Waals surface area (Å²) in [4.78, 5) is 27.9. The average Bonchev–Trinajstić information content (AvgIpc) is 3.17. The highest BCUT2D eigenvalue weighted by Gasteiger charge is 2.49. The van der Waals surface area contributed by atoms with Crippen LogP contribution in [0.15, 0.2) is 71.6 Å². The Hall–Kier alpha value is -3.23. The van der Waals surface area contributed by atoms with Crippen LogP contribution < -0.4 is 9.64 Å². The Morgan fingerprint density at radius 1 is 0.886 bits per heavy atom. The van der Waals surface area contributed by atoms with E-state index in [1.165, 1.54) is 11.4 Å². The first-order valence-corrected chi connectivity index (χ1v) is 13.4.